The minimum Gasteiger partial charge on any atom is -0.387 e. The third-order valence-electron chi connectivity index (χ3n) is 1.59. The first-order chi connectivity index (χ1) is 4.61. The molecule has 0 saturated heterocycles. The fourth-order valence-corrected chi connectivity index (χ4v) is 0.880. The standard InChI is InChI=1S/C8H13NO/c1-8(2,10)7-4-3-5-9-6-7/h3-5,9-10H,6H2,1-2H3. The van der Waals surface area contributed by atoms with Gasteiger partial charge in [-0.05, 0) is 31.7 Å². The molecule has 0 aliphatic carbocycles. The minimum absolute atomic E-state index is 0.683. The second kappa shape index (κ2) is 2.46. The Kier molecular flexibility index (Phi) is 1.81. The van der Waals surface area contributed by atoms with E-state index in [9.17, 15) is 5.11 Å². The molecular formula is C8H13NO. The van der Waals surface area contributed by atoms with E-state index in [-0.39, 0.29) is 0 Å². The molecule has 2 N–H and O–H groups in total. The van der Waals surface area contributed by atoms with Crippen molar-refractivity contribution in [2.45, 2.75) is 19.4 Å². The number of rotatable bonds is 1. The molecule has 1 heterocycles. The third-order valence-corrected chi connectivity index (χ3v) is 1.59. The zero-order chi connectivity index (χ0) is 7.61. The van der Waals surface area contributed by atoms with Gasteiger partial charge in [0.15, 0.2) is 0 Å². The van der Waals surface area contributed by atoms with E-state index in [0.29, 0.717) is 0 Å². The molecule has 0 spiro atoms. The zero-order valence-electron chi connectivity index (χ0n) is 6.39. The molecule has 1 aliphatic heterocycles. The van der Waals surface area contributed by atoms with Crippen LogP contribution in [0.15, 0.2) is 23.9 Å². The monoisotopic (exact) mass is 139 g/mol. The largest absolute Gasteiger partial charge is 0.387 e. The molecular weight excluding hydrogens is 126 g/mol. The van der Waals surface area contributed by atoms with Crippen molar-refractivity contribution >= 4 is 0 Å². The number of hydrogen-bond donors (Lipinski definition) is 2. The lowest BCUT2D eigenvalue weighted by Crippen LogP contribution is -2.29. The molecule has 0 radical (unpaired) electrons. The number of dihydropyridines is 1. The maximum absolute atomic E-state index is 9.50. The summed E-state index contributed by atoms with van der Waals surface area (Å²) in [6, 6.07) is 0. The molecule has 1 aliphatic rings. The fourth-order valence-electron chi connectivity index (χ4n) is 0.880. The van der Waals surface area contributed by atoms with E-state index in [4.69, 9.17) is 0 Å². The molecule has 0 atom stereocenters. The molecule has 0 fully saturated rings. The van der Waals surface area contributed by atoms with Gasteiger partial charge < -0.3 is 10.4 Å². The van der Waals surface area contributed by atoms with Gasteiger partial charge >= 0.3 is 0 Å². The van der Waals surface area contributed by atoms with E-state index in [1.807, 2.05) is 18.4 Å². The fraction of sp³-hybridized carbons (Fsp3) is 0.500. The Bertz CT molecular complexity index is 174. The van der Waals surface area contributed by atoms with E-state index < -0.39 is 5.60 Å². The van der Waals surface area contributed by atoms with Gasteiger partial charge in [-0.15, -0.1) is 0 Å². The Morgan fingerprint density at radius 2 is 2.30 bits per heavy atom. The predicted octanol–water partition coefficient (Wildman–Crippen LogP) is 0.801. The summed E-state index contributed by atoms with van der Waals surface area (Å²) in [5.41, 5.74) is 0.340. The van der Waals surface area contributed by atoms with Crippen molar-refractivity contribution in [3.05, 3.63) is 23.9 Å². The van der Waals surface area contributed by atoms with Crippen molar-refractivity contribution in [2.75, 3.05) is 6.54 Å². The van der Waals surface area contributed by atoms with Gasteiger partial charge in [-0.25, -0.2) is 0 Å². The normalized spacial score (nSPS) is 18.1. The Morgan fingerprint density at radius 1 is 1.60 bits per heavy atom. The summed E-state index contributed by atoms with van der Waals surface area (Å²) in [7, 11) is 0. The van der Waals surface area contributed by atoms with E-state index in [1.54, 1.807) is 13.8 Å². The lowest BCUT2D eigenvalue weighted by molar-refractivity contribution is 0.117. The number of nitrogens with one attached hydrogen (secondary N) is 1. The van der Waals surface area contributed by atoms with Gasteiger partial charge in [-0.2, -0.15) is 0 Å². The molecule has 0 aromatic heterocycles. The average molecular weight is 139 g/mol. The summed E-state index contributed by atoms with van der Waals surface area (Å²) in [6.45, 7) is 4.33. The van der Waals surface area contributed by atoms with Crippen LogP contribution in [0.4, 0.5) is 0 Å². The van der Waals surface area contributed by atoms with Crippen molar-refractivity contribution in [1.29, 1.82) is 0 Å². The lowest BCUT2D eigenvalue weighted by atomic mass is 9.97. The Morgan fingerprint density at radius 3 is 2.60 bits per heavy atom. The van der Waals surface area contributed by atoms with Crippen LogP contribution in [0, 0.1) is 0 Å². The first-order valence-electron chi connectivity index (χ1n) is 3.42. The Labute approximate surface area is 61.3 Å². The van der Waals surface area contributed by atoms with Crippen LogP contribution in [0.3, 0.4) is 0 Å². The second-order valence-corrected chi connectivity index (χ2v) is 2.99. The highest BCUT2D eigenvalue weighted by Gasteiger charge is 2.18. The second-order valence-electron chi connectivity index (χ2n) is 2.99. The van der Waals surface area contributed by atoms with Crippen LogP contribution in [0.5, 0.6) is 0 Å². The lowest BCUT2D eigenvalue weighted by Gasteiger charge is -2.23. The predicted molar refractivity (Wildman–Crippen MR) is 41.5 cm³/mol. The quantitative estimate of drug-likeness (QED) is 0.563. The SMILES string of the molecule is CC(C)(O)C1=CC=CNC1. The van der Waals surface area contributed by atoms with Gasteiger partial charge in [0.1, 0.15) is 0 Å². The van der Waals surface area contributed by atoms with Crippen molar-refractivity contribution in [3.8, 4) is 0 Å². The summed E-state index contributed by atoms with van der Waals surface area (Å²) in [5.74, 6) is 0. The van der Waals surface area contributed by atoms with Crippen LogP contribution in [0.2, 0.25) is 0 Å². The molecule has 0 aromatic carbocycles. The highest BCUT2D eigenvalue weighted by Crippen LogP contribution is 2.15. The minimum atomic E-state index is -0.683. The van der Waals surface area contributed by atoms with E-state index >= 15 is 0 Å². The van der Waals surface area contributed by atoms with Gasteiger partial charge in [0, 0.05) is 6.54 Å². The van der Waals surface area contributed by atoms with Crippen molar-refractivity contribution in [3.63, 3.8) is 0 Å². The maximum Gasteiger partial charge on any atom is 0.0820 e. The van der Waals surface area contributed by atoms with Crippen molar-refractivity contribution in [2.24, 2.45) is 0 Å². The molecule has 2 heteroatoms. The topological polar surface area (TPSA) is 32.3 Å². The van der Waals surface area contributed by atoms with E-state index in [2.05, 4.69) is 5.32 Å². The van der Waals surface area contributed by atoms with Crippen LogP contribution < -0.4 is 5.32 Å². The summed E-state index contributed by atoms with van der Waals surface area (Å²) < 4.78 is 0. The summed E-state index contributed by atoms with van der Waals surface area (Å²) in [5, 5.41) is 12.5. The van der Waals surface area contributed by atoms with Crippen molar-refractivity contribution in [1.82, 2.24) is 5.32 Å². The van der Waals surface area contributed by atoms with Gasteiger partial charge in [-0.3, -0.25) is 0 Å². The molecule has 0 unspecified atom stereocenters. The summed E-state index contributed by atoms with van der Waals surface area (Å²) in [6.07, 6.45) is 5.71. The average Bonchev–Trinajstić information content (AvgIpc) is 1.88. The number of hydrogen-bond acceptors (Lipinski definition) is 2. The first kappa shape index (κ1) is 7.35. The third kappa shape index (κ3) is 1.61. The van der Waals surface area contributed by atoms with Crippen LogP contribution >= 0.6 is 0 Å². The highest BCUT2D eigenvalue weighted by molar-refractivity contribution is 5.24. The molecule has 0 saturated carbocycles. The molecule has 56 valence electrons. The van der Waals surface area contributed by atoms with E-state index in [0.717, 1.165) is 12.1 Å². The smallest absolute Gasteiger partial charge is 0.0820 e. The number of aliphatic hydroxyl groups is 1. The van der Waals surface area contributed by atoms with Crippen LogP contribution in [-0.4, -0.2) is 17.3 Å². The van der Waals surface area contributed by atoms with Gasteiger partial charge in [-0.1, -0.05) is 6.08 Å². The van der Waals surface area contributed by atoms with Gasteiger partial charge in [0.2, 0.25) is 0 Å². The van der Waals surface area contributed by atoms with Crippen molar-refractivity contribution < 1.29 is 5.11 Å². The number of allylic oxidation sites excluding steroid dienone is 2. The molecule has 0 amide bonds. The molecule has 0 bridgehead atoms. The van der Waals surface area contributed by atoms with Crippen LogP contribution in [-0.2, 0) is 0 Å². The summed E-state index contributed by atoms with van der Waals surface area (Å²) >= 11 is 0. The molecule has 1 rings (SSSR count). The van der Waals surface area contributed by atoms with Crippen LogP contribution in [0.25, 0.3) is 0 Å². The zero-order valence-corrected chi connectivity index (χ0v) is 6.39. The van der Waals surface area contributed by atoms with Gasteiger partial charge in [0.25, 0.3) is 0 Å². The Hall–Kier alpha value is -0.760. The molecule has 2 nitrogen and oxygen atoms in total. The summed E-state index contributed by atoms with van der Waals surface area (Å²) in [4.78, 5) is 0. The molecule has 10 heavy (non-hydrogen) atoms. The molecule has 0 aromatic rings. The first-order valence-corrected chi connectivity index (χ1v) is 3.42. The van der Waals surface area contributed by atoms with E-state index in [1.165, 1.54) is 0 Å². The van der Waals surface area contributed by atoms with Crippen LogP contribution in [0.1, 0.15) is 13.8 Å². The highest BCUT2D eigenvalue weighted by atomic mass is 16.3. The maximum atomic E-state index is 9.50. The van der Waals surface area contributed by atoms with Gasteiger partial charge in [0.05, 0.1) is 5.60 Å². The Balaban J connectivity index is 2.72.